The minimum atomic E-state index is -3.37. The standard InChI is InChI=1S/C11H11BrINO3S/c1-18(15,16)17-5-4-14-10-3-2-9(12)6-8(10)7-11(14)13/h2-3,6-7H,4-5H2,1H3. The Kier molecular flexibility index (Phi) is 4.35. The van der Waals surface area contributed by atoms with Gasteiger partial charge in [-0.1, -0.05) is 15.9 Å². The van der Waals surface area contributed by atoms with Crippen LogP contribution < -0.4 is 0 Å². The number of aromatic nitrogens is 1. The SMILES string of the molecule is CS(=O)(=O)OCCn1c(I)cc2cc(Br)ccc21. The van der Waals surface area contributed by atoms with Crippen molar-refractivity contribution >= 4 is 59.5 Å². The average molecular weight is 444 g/mol. The zero-order chi connectivity index (χ0) is 13.3. The van der Waals surface area contributed by atoms with E-state index in [0.717, 1.165) is 25.3 Å². The monoisotopic (exact) mass is 443 g/mol. The van der Waals surface area contributed by atoms with E-state index in [2.05, 4.69) is 44.6 Å². The summed E-state index contributed by atoms with van der Waals surface area (Å²) >= 11 is 5.66. The second-order valence-corrected chi connectivity index (χ2v) is 7.51. The van der Waals surface area contributed by atoms with Gasteiger partial charge in [-0.2, -0.15) is 8.42 Å². The highest BCUT2D eigenvalue weighted by molar-refractivity contribution is 14.1. The predicted molar refractivity (Wildman–Crippen MR) is 83.2 cm³/mol. The number of rotatable bonds is 4. The van der Waals surface area contributed by atoms with Crippen LogP contribution in [0.15, 0.2) is 28.7 Å². The lowest BCUT2D eigenvalue weighted by Gasteiger charge is -2.07. The van der Waals surface area contributed by atoms with E-state index < -0.39 is 10.1 Å². The molecule has 0 radical (unpaired) electrons. The highest BCUT2D eigenvalue weighted by Crippen LogP contribution is 2.24. The van der Waals surface area contributed by atoms with Crippen LogP contribution in [0.4, 0.5) is 0 Å². The molecule has 0 atom stereocenters. The van der Waals surface area contributed by atoms with E-state index in [1.54, 1.807) is 0 Å². The third-order valence-electron chi connectivity index (χ3n) is 2.43. The average Bonchev–Trinajstić information content (AvgIpc) is 2.52. The normalized spacial score (nSPS) is 12.2. The Labute approximate surface area is 128 Å². The Morgan fingerprint density at radius 2 is 2.11 bits per heavy atom. The van der Waals surface area contributed by atoms with E-state index in [9.17, 15) is 8.42 Å². The third-order valence-corrected chi connectivity index (χ3v) is 4.41. The Morgan fingerprint density at radius 3 is 2.78 bits per heavy atom. The molecule has 0 fully saturated rings. The Hall–Kier alpha value is -0.120. The van der Waals surface area contributed by atoms with Crippen molar-refractivity contribution in [2.24, 2.45) is 0 Å². The molecule has 0 N–H and O–H groups in total. The first-order valence-corrected chi connectivity index (χ1v) is 8.84. The van der Waals surface area contributed by atoms with Crippen LogP contribution in [0.25, 0.3) is 10.9 Å². The molecular weight excluding hydrogens is 433 g/mol. The van der Waals surface area contributed by atoms with Crippen molar-refractivity contribution in [3.8, 4) is 0 Å². The highest BCUT2D eigenvalue weighted by Gasteiger charge is 2.08. The lowest BCUT2D eigenvalue weighted by atomic mass is 10.2. The molecule has 18 heavy (non-hydrogen) atoms. The van der Waals surface area contributed by atoms with E-state index in [1.807, 2.05) is 22.8 Å². The van der Waals surface area contributed by atoms with Crippen molar-refractivity contribution in [1.29, 1.82) is 0 Å². The number of fused-ring (bicyclic) bond motifs is 1. The number of halogens is 2. The molecule has 0 unspecified atom stereocenters. The Balaban J connectivity index is 2.25. The molecule has 2 rings (SSSR count). The molecule has 1 aromatic carbocycles. The van der Waals surface area contributed by atoms with Gasteiger partial charge in [0, 0.05) is 21.9 Å². The van der Waals surface area contributed by atoms with Crippen LogP contribution in [0.2, 0.25) is 0 Å². The molecule has 1 heterocycles. The van der Waals surface area contributed by atoms with Gasteiger partial charge in [-0.3, -0.25) is 4.18 Å². The van der Waals surface area contributed by atoms with Gasteiger partial charge < -0.3 is 4.57 Å². The summed E-state index contributed by atoms with van der Waals surface area (Å²) in [7, 11) is -3.37. The molecule has 0 aliphatic rings. The molecule has 0 spiro atoms. The first-order valence-electron chi connectivity index (χ1n) is 5.15. The van der Waals surface area contributed by atoms with Crippen LogP contribution in [0, 0.1) is 3.70 Å². The van der Waals surface area contributed by atoms with Gasteiger partial charge in [0.05, 0.1) is 16.6 Å². The summed E-state index contributed by atoms with van der Waals surface area (Å²) in [5, 5.41) is 1.12. The summed E-state index contributed by atoms with van der Waals surface area (Å²) in [4.78, 5) is 0. The van der Waals surface area contributed by atoms with Crippen molar-refractivity contribution < 1.29 is 12.6 Å². The number of nitrogens with zero attached hydrogens (tertiary/aromatic N) is 1. The summed E-state index contributed by atoms with van der Waals surface area (Å²) in [5.41, 5.74) is 1.07. The summed E-state index contributed by atoms with van der Waals surface area (Å²) in [6.07, 6.45) is 1.06. The molecule has 0 saturated carbocycles. The largest absolute Gasteiger partial charge is 0.334 e. The second kappa shape index (κ2) is 5.48. The zero-order valence-electron chi connectivity index (χ0n) is 9.56. The summed E-state index contributed by atoms with van der Waals surface area (Å²) in [5.74, 6) is 0. The molecule has 0 amide bonds. The zero-order valence-corrected chi connectivity index (χ0v) is 14.1. The van der Waals surface area contributed by atoms with Crippen molar-refractivity contribution in [3.63, 3.8) is 0 Å². The first kappa shape index (κ1) is 14.3. The molecule has 7 heteroatoms. The molecule has 1 aromatic heterocycles. The Bertz CT molecular complexity index is 681. The topological polar surface area (TPSA) is 48.3 Å². The van der Waals surface area contributed by atoms with E-state index in [4.69, 9.17) is 4.18 Å². The predicted octanol–water partition coefficient (Wildman–Crippen LogP) is 2.98. The van der Waals surface area contributed by atoms with E-state index in [0.29, 0.717) is 6.54 Å². The van der Waals surface area contributed by atoms with Gasteiger partial charge >= 0.3 is 0 Å². The molecule has 0 aliphatic heterocycles. The van der Waals surface area contributed by atoms with E-state index >= 15 is 0 Å². The van der Waals surface area contributed by atoms with Gasteiger partial charge in [-0.05, 0) is 46.9 Å². The fourth-order valence-corrected chi connectivity index (χ4v) is 3.31. The van der Waals surface area contributed by atoms with Crippen LogP contribution in [-0.2, 0) is 20.8 Å². The maximum absolute atomic E-state index is 10.9. The molecule has 2 aromatic rings. The maximum atomic E-state index is 10.9. The molecule has 4 nitrogen and oxygen atoms in total. The smallest absolute Gasteiger partial charge is 0.264 e. The van der Waals surface area contributed by atoms with Gasteiger partial charge in [0.2, 0.25) is 0 Å². The minimum Gasteiger partial charge on any atom is -0.334 e. The van der Waals surface area contributed by atoms with Crippen molar-refractivity contribution in [3.05, 3.63) is 32.4 Å². The molecule has 0 bridgehead atoms. The lowest BCUT2D eigenvalue weighted by Crippen LogP contribution is -2.11. The van der Waals surface area contributed by atoms with Crippen molar-refractivity contribution in [2.75, 3.05) is 12.9 Å². The molecule has 98 valence electrons. The molecule has 0 saturated heterocycles. The lowest BCUT2D eigenvalue weighted by molar-refractivity contribution is 0.305. The number of benzene rings is 1. The van der Waals surface area contributed by atoms with Crippen LogP contribution in [0.5, 0.6) is 0 Å². The summed E-state index contributed by atoms with van der Waals surface area (Å²) in [6, 6.07) is 8.06. The highest BCUT2D eigenvalue weighted by atomic mass is 127. The number of hydrogen-bond donors (Lipinski definition) is 0. The summed E-state index contributed by atoms with van der Waals surface area (Å²) in [6.45, 7) is 0.658. The molecular formula is C11H11BrINO3S. The van der Waals surface area contributed by atoms with Crippen LogP contribution in [-0.4, -0.2) is 25.8 Å². The minimum absolute atomic E-state index is 0.147. The second-order valence-electron chi connectivity index (χ2n) is 3.85. The van der Waals surface area contributed by atoms with E-state index in [1.165, 1.54) is 0 Å². The van der Waals surface area contributed by atoms with Crippen molar-refractivity contribution in [1.82, 2.24) is 4.57 Å². The quantitative estimate of drug-likeness (QED) is 0.539. The van der Waals surface area contributed by atoms with Crippen LogP contribution in [0.3, 0.4) is 0 Å². The molecule has 0 aliphatic carbocycles. The van der Waals surface area contributed by atoms with Gasteiger partial charge in [-0.15, -0.1) is 0 Å². The van der Waals surface area contributed by atoms with Gasteiger partial charge in [0.1, 0.15) is 0 Å². The van der Waals surface area contributed by atoms with Crippen LogP contribution in [0.1, 0.15) is 0 Å². The Morgan fingerprint density at radius 1 is 1.39 bits per heavy atom. The third kappa shape index (κ3) is 3.46. The maximum Gasteiger partial charge on any atom is 0.264 e. The first-order chi connectivity index (χ1) is 8.37. The van der Waals surface area contributed by atoms with Crippen LogP contribution >= 0.6 is 38.5 Å². The number of hydrogen-bond acceptors (Lipinski definition) is 3. The van der Waals surface area contributed by atoms with Gasteiger partial charge in [-0.25, -0.2) is 0 Å². The van der Waals surface area contributed by atoms with Crippen molar-refractivity contribution in [2.45, 2.75) is 6.54 Å². The van der Waals surface area contributed by atoms with Gasteiger partial charge in [0.25, 0.3) is 10.1 Å². The fraction of sp³-hybridized carbons (Fsp3) is 0.273. The summed E-state index contributed by atoms with van der Waals surface area (Å²) < 4.78 is 30.7. The van der Waals surface area contributed by atoms with E-state index in [-0.39, 0.29) is 6.61 Å². The fourth-order valence-electron chi connectivity index (χ4n) is 1.72. The van der Waals surface area contributed by atoms with Gasteiger partial charge in [0.15, 0.2) is 0 Å².